The van der Waals surface area contributed by atoms with Gasteiger partial charge in [0.25, 0.3) is 0 Å². The van der Waals surface area contributed by atoms with Crippen molar-refractivity contribution in [1.82, 2.24) is 5.16 Å². The molecule has 15 heavy (non-hydrogen) atoms. The molecule has 0 radical (unpaired) electrons. The number of aromatic nitrogens is 1. The van der Waals surface area contributed by atoms with Crippen molar-refractivity contribution in [2.75, 3.05) is 5.73 Å². The predicted octanol–water partition coefficient (Wildman–Crippen LogP) is 3.37. The van der Waals surface area contributed by atoms with Gasteiger partial charge in [-0.2, -0.15) is 0 Å². The number of nitrogen functional groups attached to an aromatic ring is 1. The van der Waals surface area contributed by atoms with E-state index in [0.29, 0.717) is 5.56 Å². The Kier molecular flexibility index (Phi) is 2.54. The fourth-order valence-corrected chi connectivity index (χ4v) is 1.52. The van der Waals surface area contributed by atoms with E-state index in [4.69, 9.17) is 33.5 Å². The summed E-state index contributed by atoms with van der Waals surface area (Å²) in [5, 5.41) is 3.51. The summed E-state index contributed by atoms with van der Waals surface area (Å²) in [6, 6.07) is 4.29. The van der Waals surface area contributed by atoms with Crippen LogP contribution in [0.15, 0.2) is 22.7 Å². The van der Waals surface area contributed by atoms with Crippen LogP contribution in [0.2, 0.25) is 10.0 Å². The molecule has 0 fully saturated rings. The summed E-state index contributed by atoms with van der Waals surface area (Å²) in [7, 11) is 0. The van der Waals surface area contributed by atoms with Crippen molar-refractivity contribution >= 4 is 29.0 Å². The molecule has 0 aliphatic carbocycles. The summed E-state index contributed by atoms with van der Waals surface area (Å²) in [5.41, 5.74) is 5.72. The molecule has 1 aromatic heterocycles. The first-order valence-corrected chi connectivity index (χ1v) is 4.72. The van der Waals surface area contributed by atoms with Gasteiger partial charge in [0, 0.05) is 5.56 Å². The third kappa shape index (κ3) is 1.66. The minimum Gasteiger partial charge on any atom is -0.380 e. The molecule has 0 saturated carbocycles. The van der Waals surface area contributed by atoms with Crippen LogP contribution in [0.4, 0.5) is 10.2 Å². The summed E-state index contributed by atoms with van der Waals surface area (Å²) in [5.74, 6) is -0.342. The van der Waals surface area contributed by atoms with Crippen LogP contribution < -0.4 is 5.73 Å². The molecule has 1 heterocycles. The molecule has 0 amide bonds. The highest BCUT2D eigenvalue weighted by Gasteiger charge is 2.17. The highest BCUT2D eigenvalue weighted by atomic mass is 35.5. The Morgan fingerprint density at radius 2 is 2.00 bits per heavy atom. The Morgan fingerprint density at radius 1 is 1.27 bits per heavy atom. The van der Waals surface area contributed by atoms with Crippen molar-refractivity contribution in [1.29, 1.82) is 0 Å². The lowest BCUT2D eigenvalue weighted by atomic mass is 10.1. The Balaban J connectivity index is 2.64. The number of halogens is 3. The van der Waals surface area contributed by atoms with Gasteiger partial charge < -0.3 is 10.3 Å². The Labute approximate surface area is 94.6 Å². The van der Waals surface area contributed by atoms with Crippen molar-refractivity contribution in [3.63, 3.8) is 0 Å². The molecule has 2 aromatic rings. The number of benzene rings is 1. The number of anilines is 1. The number of nitrogens with two attached hydrogens (primary N) is 1. The van der Waals surface area contributed by atoms with Crippen LogP contribution >= 0.6 is 23.2 Å². The third-order valence-electron chi connectivity index (χ3n) is 1.86. The highest BCUT2D eigenvalue weighted by Crippen LogP contribution is 2.36. The monoisotopic (exact) mass is 246 g/mol. The van der Waals surface area contributed by atoms with Gasteiger partial charge in [0.05, 0.1) is 5.02 Å². The van der Waals surface area contributed by atoms with Crippen LogP contribution in [-0.4, -0.2) is 5.16 Å². The first kappa shape index (κ1) is 10.3. The van der Waals surface area contributed by atoms with E-state index >= 15 is 0 Å². The fourth-order valence-electron chi connectivity index (χ4n) is 1.14. The van der Waals surface area contributed by atoms with E-state index in [2.05, 4.69) is 5.16 Å². The molecular weight excluding hydrogens is 242 g/mol. The van der Waals surface area contributed by atoms with Gasteiger partial charge in [0.2, 0.25) is 0 Å². The van der Waals surface area contributed by atoms with Gasteiger partial charge in [0.15, 0.2) is 11.6 Å². The lowest BCUT2D eigenvalue weighted by molar-refractivity contribution is 0.435. The Morgan fingerprint density at radius 3 is 2.60 bits per heavy atom. The summed E-state index contributed by atoms with van der Waals surface area (Å²) < 4.78 is 18.0. The zero-order chi connectivity index (χ0) is 11.0. The maximum Gasteiger partial charge on any atom is 0.189 e. The van der Waals surface area contributed by atoms with Gasteiger partial charge in [0.1, 0.15) is 10.8 Å². The van der Waals surface area contributed by atoms with E-state index in [1.807, 2.05) is 0 Å². The van der Waals surface area contributed by atoms with Crippen LogP contribution in [0.1, 0.15) is 0 Å². The molecular formula is C9H5Cl2FN2O. The van der Waals surface area contributed by atoms with E-state index in [9.17, 15) is 4.39 Å². The molecule has 0 unspecified atom stereocenters. The molecule has 0 aliphatic rings. The zero-order valence-corrected chi connectivity index (χ0v) is 8.81. The standard InChI is InChI=1S/C9H5Cl2FN2O/c10-6-4(2-1-3-5(6)12)8-7(11)9(13)14-15-8/h1-3H,(H2,13,14). The zero-order valence-electron chi connectivity index (χ0n) is 7.30. The third-order valence-corrected chi connectivity index (χ3v) is 2.61. The largest absolute Gasteiger partial charge is 0.380 e. The minimum absolute atomic E-state index is 0.0481. The van der Waals surface area contributed by atoms with Crippen LogP contribution in [0.5, 0.6) is 0 Å². The van der Waals surface area contributed by atoms with E-state index < -0.39 is 5.82 Å². The molecule has 2 N–H and O–H groups in total. The predicted molar refractivity (Wildman–Crippen MR) is 56.3 cm³/mol. The second kappa shape index (κ2) is 3.72. The van der Waals surface area contributed by atoms with E-state index in [-0.39, 0.29) is 21.6 Å². The van der Waals surface area contributed by atoms with Crippen molar-refractivity contribution in [2.45, 2.75) is 0 Å². The van der Waals surface area contributed by atoms with E-state index in [0.717, 1.165) is 0 Å². The molecule has 2 rings (SSSR count). The first-order valence-electron chi connectivity index (χ1n) is 3.96. The smallest absolute Gasteiger partial charge is 0.189 e. The fraction of sp³-hybridized carbons (Fsp3) is 0. The quantitative estimate of drug-likeness (QED) is 0.840. The second-order valence-corrected chi connectivity index (χ2v) is 3.57. The van der Waals surface area contributed by atoms with Crippen LogP contribution in [0.3, 0.4) is 0 Å². The van der Waals surface area contributed by atoms with Crippen LogP contribution in [0, 0.1) is 5.82 Å². The summed E-state index contributed by atoms with van der Waals surface area (Å²) in [4.78, 5) is 0. The minimum atomic E-state index is -0.555. The van der Waals surface area contributed by atoms with E-state index in [1.165, 1.54) is 12.1 Å². The lowest BCUT2D eigenvalue weighted by Crippen LogP contribution is -1.84. The van der Waals surface area contributed by atoms with Crippen LogP contribution in [-0.2, 0) is 0 Å². The molecule has 78 valence electrons. The molecule has 0 spiro atoms. The van der Waals surface area contributed by atoms with Crippen molar-refractivity contribution < 1.29 is 8.91 Å². The topological polar surface area (TPSA) is 52.0 Å². The molecule has 0 saturated heterocycles. The van der Waals surface area contributed by atoms with Gasteiger partial charge >= 0.3 is 0 Å². The average Bonchev–Trinajstić information content (AvgIpc) is 2.53. The molecule has 6 heteroatoms. The number of rotatable bonds is 1. The van der Waals surface area contributed by atoms with Crippen molar-refractivity contribution in [3.05, 3.63) is 34.1 Å². The first-order chi connectivity index (χ1) is 7.11. The highest BCUT2D eigenvalue weighted by molar-refractivity contribution is 6.37. The Hall–Kier alpha value is -1.26. The molecule has 0 aliphatic heterocycles. The molecule has 0 atom stereocenters. The van der Waals surface area contributed by atoms with Gasteiger partial charge in [-0.25, -0.2) is 4.39 Å². The SMILES string of the molecule is Nc1noc(-c2cccc(F)c2Cl)c1Cl. The van der Waals surface area contributed by atoms with Crippen molar-refractivity contribution in [3.8, 4) is 11.3 Å². The molecule has 0 bridgehead atoms. The summed E-state index contributed by atoms with van der Waals surface area (Å²) in [6.45, 7) is 0. The molecule has 1 aromatic carbocycles. The Bertz CT molecular complexity index is 513. The average molecular weight is 247 g/mol. The number of nitrogens with zero attached hydrogens (tertiary/aromatic N) is 1. The van der Waals surface area contributed by atoms with Gasteiger partial charge in [-0.15, -0.1) is 0 Å². The van der Waals surface area contributed by atoms with Crippen molar-refractivity contribution in [2.24, 2.45) is 0 Å². The summed E-state index contributed by atoms with van der Waals surface area (Å²) in [6.07, 6.45) is 0. The van der Waals surface area contributed by atoms with Gasteiger partial charge in [-0.1, -0.05) is 34.4 Å². The number of hydrogen-bond acceptors (Lipinski definition) is 3. The number of hydrogen-bond donors (Lipinski definition) is 1. The van der Waals surface area contributed by atoms with Gasteiger partial charge in [-0.3, -0.25) is 0 Å². The molecule has 3 nitrogen and oxygen atoms in total. The maximum atomic E-state index is 13.1. The summed E-state index contributed by atoms with van der Waals surface area (Å²) >= 11 is 11.6. The maximum absolute atomic E-state index is 13.1. The van der Waals surface area contributed by atoms with Gasteiger partial charge in [-0.05, 0) is 12.1 Å². The van der Waals surface area contributed by atoms with E-state index in [1.54, 1.807) is 6.07 Å². The second-order valence-electron chi connectivity index (χ2n) is 2.81. The lowest BCUT2D eigenvalue weighted by Gasteiger charge is -2.00. The van der Waals surface area contributed by atoms with Crippen LogP contribution in [0.25, 0.3) is 11.3 Å². The normalized spacial score (nSPS) is 10.6.